The summed E-state index contributed by atoms with van der Waals surface area (Å²) < 4.78 is 10.2. The smallest absolute Gasteiger partial charge is 0.434 e. The van der Waals surface area contributed by atoms with Crippen molar-refractivity contribution in [3.05, 3.63) is 52.3 Å². The predicted octanol–water partition coefficient (Wildman–Crippen LogP) is 2.30. The molecule has 0 saturated carbocycles. The summed E-state index contributed by atoms with van der Waals surface area (Å²) >= 11 is 0. The number of aromatic amines is 1. The second kappa shape index (κ2) is 6.93. The van der Waals surface area contributed by atoms with Crippen LogP contribution in [0.25, 0.3) is 0 Å². The second-order valence-electron chi connectivity index (χ2n) is 5.19. The number of alkyl carbamates (subject to hydrolysis) is 1. The van der Waals surface area contributed by atoms with Crippen LogP contribution in [0.15, 0.2) is 39.5 Å². The SMILES string of the molecule is CCCC(C)(NC(=O)OCc1ccccc1)c1n[nH]c(=O)o1. The molecule has 22 heavy (non-hydrogen) atoms. The number of ether oxygens (including phenoxy) is 1. The van der Waals surface area contributed by atoms with Crippen LogP contribution >= 0.6 is 0 Å². The Balaban J connectivity index is 2.01. The van der Waals surface area contributed by atoms with Crippen molar-refractivity contribution in [1.29, 1.82) is 0 Å². The van der Waals surface area contributed by atoms with Crippen LogP contribution in [0, 0.1) is 0 Å². The molecular formula is C15H19N3O4. The van der Waals surface area contributed by atoms with Crippen LogP contribution in [-0.2, 0) is 16.9 Å². The Hall–Kier alpha value is -2.57. The fourth-order valence-corrected chi connectivity index (χ4v) is 2.17. The minimum Gasteiger partial charge on any atom is -0.445 e. The molecule has 0 aliphatic heterocycles. The zero-order chi connectivity index (χ0) is 16.0. The lowest BCUT2D eigenvalue weighted by molar-refractivity contribution is 0.121. The summed E-state index contributed by atoms with van der Waals surface area (Å²) in [4.78, 5) is 23.1. The van der Waals surface area contributed by atoms with Gasteiger partial charge in [0.05, 0.1) is 0 Å². The van der Waals surface area contributed by atoms with Crippen LogP contribution in [0.3, 0.4) is 0 Å². The fourth-order valence-electron chi connectivity index (χ4n) is 2.17. The van der Waals surface area contributed by atoms with Gasteiger partial charge in [-0.2, -0.15) is 0 Å². The van der Waals surface area contributed by atoms with Crippen molar-refractivity contribution in [2.75, 3.05) is 0 Å². The highest BCUT2D eigenvalue weighted by atomic mass is 16.5. The first-order valence-electron chi connectivity index (χ1n) is 7.08. The van der Waals surface area contributed by atoms with Gasteiger partial charge < -0.3 is 14.5 Å². The molecule has 0 bridgehead atoms. The van der Waals surface area contributed by atoms with E-state index < -0.39 is 17.4 Å². The molecule has 0 aliphatic carbocycles. The molecule has 1 aromatic heterocycles. The summed E-state index contributed by atoms with van der Waals surface area (Å²) in [5.41, 5.74) is -0.0112. The topological polar surface area (TPSA) is 97.2 Å². The average Bonchev–Trinajstić information content (AvgIpc) is 2.94. The van der Waals surface area contributed by atoms with Crippen LogP contribution in [0.2, 0.25) is 0 Å². The van der Waals surface area contributed by atoms with E-state index in [-0.39, 0.29) is 12.5 Å². The molecule has 1 unspecified atom stereocenters. The Morgan fingerprint density at radius 2 is 2.14 bits per heavy atom. The molecule has 0 saturated heterocycles. The first kappa shape index (κ1) is 15.8. The first-order chi connectivity index (χ1) is 10.5. The Kier molecular flexibility index (Phi) is 4.98. The second-order valence-corrected chi connectivity index (χ2v) is 5.19. The summed E-state index contributed by atoms with van der Waals surface area (Å²) in [6, 6.07) is 9.37. The van der Waals surface area contributed by atoms with Crippen LogP contribution in [0.1, 0.15) is 38.1 Å². The van der Waals surface area contributed by atoms with E-state index >= 15 is 0 Å². The van der Waals surface area contributed by atoms with Crippen LogP contribution in [0.5, 0.6) is 0 Å². The quantitative estimate of drug-likeness (QED) is 0.853. The maximum absolute atomic E-state index is 12.0. The van der Waals surface area contributed by atoms with Gasteiger partial charge in [0, 0.05) is 0 Å². The monoisotopic (exact) mass is 305 g/mol. The highest BCUT2D eigenvalue weighted by Gasteiger charge is 2.34. The molecule has 0 fully saturated rings. The minimum atomic E-state index is -0.901. The number of H-pyrrole nitrogens is 1. The van der Waals surface area contributed by atoms with Gasteiger partial charge in [-0.1, -0.05) is 43.7 Å². The summed E-state index contributed by atoms with van der Waals surface area (Å²) in [6.07, 6.45) is 0.734. The van der Waals surface area contributed by atoms with E-state index in [0.717, 1.165) is 12.0 Å². The third kappa shape index (κ3) is 3.97. The number of amides is 1. The van der Waals surface area contributed by atoms with Crippen molar-refractivity contribution >= 4 is 6.09 Å². The highest BCUT2D eigenvalue weighted by Crippen LogP contribution is 2.23. The van der Waals surface area contributed by atoms with Gasteiger partial charge >= 0.3 is 11.8 Å². The molecule has 1 heterocycles. The largest absolute Gasteiger partial charge is 0.445 e. The Labute approximate surface area is 127 Å². The number of rotatable bonds is 6. The van der Waals surface area contributed by atoms with Crippen LogP contribution in [0.4, 0.5) is 4.79 Å². The number of nitrogens with one attached hydrogen (secondary N) is 2. The molecular weight excluding hydrogens is 286 g/mol. The number of benzene rings is 1. The predicted molar refractivity (Wildman–Crippen MR) is 79.1 cm³/mol. The standard InChI is InChI=1S/C15H19N3O4/c1-3-9-15(2,12-17-18-14(20)22-12)16-13(19)21-10-11-7-5-4-6-8-11/h4-8H,3,9-10H2,1-2H3,(H,16,19)(H,18,20). The lowest BCUT2D eigenvalue weighted by Crippen LogP contribution is -2.44. The van der Waals surface area contributed by atoms with Gasteiger partial charge in [0.1, 0.15) is 12.1 Å². The van der Waals surface area contributed by atoms with Gasteiger partial charge in [-0.15, -0.1) is 5.10 Å². The van der Waals surface area contributed by atoms with Crippen molar-refractivity contribution in [1.82, 2.24) is 15.5 Å². The Bertz CT molecular complexity index is 665. The van der Waals surface area contributed by atoms with Crippen LogP contribution < -0.4 is 11.1 Å². The average molecular weight is 305 g/mol. The highest BCUT2D eigenvalue weighted by molar-refractivity contribution is 5.68. The molecule has 118 valence electrons. The van der Waals surface area contributed by atoms with E-state index in [9.17, 15) is 9.59 Å². The minimum absolute atomic E-state index is 0.135. The third-order valence-corrected chi connectivity index (χ3v) is 3.25. The number of carbonyl (C=O) groups is 1. The lowest BCUT2D eigenvalue weighted by Gasteiger charge is -2.26. The van der Waals surface area contributed by atoms with Crippen molar-refractivity contribution < 1.29 is 13.9 Å². The van der Waals surface area contributed by atoms with Crippen molar-refractivity contribution in [2.45, 2.75) is 38.8 Å². The molecule has 0 spiro atoms. The number of hydrogen-bond acceptors (Lipinski definition) is 5. The molecule has 0 radical (unpaired) electrons. The van der Waals surface area contributed by atoms with Crippen LogP contribution in [-0.4, -0.2) is 16.3 Å². The zero-order valence-corrected chi connectivity index (χ0v) is 12.6. The molecule has 1 amide bonds. The normalized spacial score (nSPS) is 13.4. The van der Waals surface area contributed by atoms with Gasteiger partial charge in [-0.3, -0.25) is 0 Å². The molecule has 1 atom stereocenters. The fraction of sp³-hybridized carbons (Fsp3) is 0.400. The van der Waals surface area contributed by atoms with Crippen molar-refractivity contribution in [3.63, 3.8) is 0 Å². The van der Waals surface area contributed by atoms with Gasteiger partial charge in [-0.05, 0) is 18.9 Å². The summed E-state index contributed by atoms with van der Waals surface area (Å²) in [6.45, 7) is 3.86. The number of carbonyl (C=O) groups excluding carboxylic acids is 1. The third-order valence-electron chi connectivity index (χ3n) is 3.25. The maximum Gasteiger partial charge on any atom is 0.434 e. The molecule has 2 rings (SSSR count). The van der Waals surface area contributed by atoms with E-state index in [1.807, 2.05) is 37.3 Å². The van der Waals surface area contributed by atoms with Crippen molar-refractivity contribution in [3.8, 4) is 0 Å². The Morgan fingerprint density at radius 1 is 1.41 bits per heavy atom. The first-order valence-corrected chi connectivity index (χ1v) is 7.08. The molecule has 7 nitrogen and oxygen atoms in total. The number of hydrogen-bond donors (Lipinski definition) is 2. The van der Waals surface area contributed by atoms with E-state index in [1.165, 1.54) is 0 Å². The Morgan fingerprint density at radius 3 is 2.73 bits per heavy atom. The summed E-state index contributed by atoms with van der Waals surface area (Å²) in [5, 5.41) is 8.72. The van der Waals surface area contributed by atoms with Gasteiger partial charge in [0.2, 0.25) is 5.89 Å². The summed E-state index contributed by atoms with van der Waals surface area (Å²) in [7, 11) is 0. The number of nitrogens with zero attached hydrogens (tertiary/aromatic N) is 1. The lowest BCUT2D eigenvalue weighted by atomic mass is 9.96. The van der Waals surface area contributed by atoms with Gasteiger partial charge in [0.15, 0.2) is 0 Å². The molecule has 7 heteroatoms. The number of aromatic nitrogens is 2. The molecule has 2 N–H and O–H groups in total. The van der Waals surface area contributed by atoms with E-state index in [1.54, 1.807) is 6.92 Å². The molecule has 0 aliphatic rings. The maximum atomic E-state index is 12.0. The van der Waals surface area contributed by atoms with Crippen molar-refractivity contribution in [2.24, 2.45) is 0 Å². The summed E-state index contributed by atoms with van der Waals surface area (Å²) in [5.74, 6) is -0.521. The van der Waals surface area contributed by atoms with Gasteiger partial charge in [0.25, 0.3) is 0 Å². The van der Waals surface area contributed by atoms with E-state index in [2.05, 4.69) is 15.5 Å². The van der Waals surface area contributed by atoms with E-state index in [4.69, 9.17) is 9.15 Å². The van der Waals surface area contributed by atoms with Gasteiger partial charge in [-0.25, -0.2) is 14.7 Å². The zero-order valence-electron chi connectivity index (χ0n) is 12.6. The molecule has 1 aromatic carbocycles. The molecule has 2 aromatic rings. The van der Waals surface area contributed by atoms with E-state index in [0.29, 0.717) is 6.42 Å².